The van der Waals surface area contributed by atoms with Gasteiger partial charge in [-0.05, 0) is 31.4 Å². The predicted molar refractivity (Wildman–Crippen MR) is 54.5 cm³/mol. The summed E-state index contributed by atoms with van der Waals surface area (Å²) in [5.41, 5.74) is 9.49. The van der Waals surface area contributed by atoms with Gasteiger partial charge in [-0.1, -0.05) is 23.8 Å². The van der Waals surface area contributed by atoms with Gasteiger partial charge in [0.1, 0.15) is 0 Å². The van der Waals surface area contributed by atoms with E-state index >= 15 is 0 Å². The van der Waals surface area contributed by atoms with Crippen LogP contribution in [0.25, 0.3) is 0 Å². The molecule has 0 amide bonds. The summed E-state index contributed by atoms with van der Waals surface area (Å²) in [5.74, 6) is 0. The molecule has 2 nitrogen and oxygen atoms in total. The van der Waals surface area contributed by atoms with Crippen molar-refractivity contribution in [2.75, 3.05) is 6.61 Å². The van der Waals surface area contributed by atoms with Crippen molar-refractivity contribution >= 4 is 0 Å². The third kappa shape index (κ3) is 2.54. The minimum Gasteiger partial charge on any atom is -0.396 e. The zero-order chi connectivity index (χ0) is 9.84. The van der Waals surface area contributed by atoms with Gasteiger partial charge >= 0.3 is 0 Å². The van der Waals surface area contributed by atoms with E-state index in [0.29, 0.717) is 6.42 Å². The van der Waals surface area contributed by atoms with Crippen LogP contribution in [0.1, 0.15) is 29.2 Å². The molecule has 0 radical (unpaired) electrons. The molecule has 0 aliphatic heterocycles. The second-order valence-corrected chi connectivity index (χ2v) is 3.48. The van der Waals surface area contributed by atoms with Crippen LogP contribution in [0.3, 0.4) is 0 Å². The molecule has 0 aliphatic carbocycles. The summed E-state index contributed by atoms with van der Waals surface area (Å²) in [7, 11) is 0. The Morgan fingerprint density at radius 2 is 2.08 bits per heavy atom. The minimum atomic E-state index is -0.0365. The summed E-state index contributed by atoms with van der Waals surface area (Å²) >= 11 is 0. The van der Waals surface area contributed by atoms with Crippen LogP contribution >= 0.6 is 0 Å². The standard InChI is InChI=1S/C11H17NO/c1-8-3-4-10(9(2)7-8)11(12)5-6-13/h3-4,7,11,13H,5-6,12H2,1-2H3/t11-/m0/s1. The molecule has 2 heteroatoms. The highest BCUT2D eigenvalue weighted by Crippen LogP contribution is 2.18. The van der Waals surface area contributed by atoms with Gasteiger partial charge in [-0.25, -0.2) is 0 Å². The Labute approximate surface area is 79.4 Å². The van der Waals surface area contributed by atoms with Gasteiger partial charge in [0, 0.05) is 12.6 Å². The van der Waals surface area contributed by atoms with E-state index < -0.39 is 0 Å². The van der Waals surface area contributed by atoms with E-state index in [-0.39, 0.29) is 12.6 Å². The van der Waals surface area contributed by atoms with Crippen LogP contribution < -0.4 is 5.73 Å². The van der Waals surface area contributed by atoms with Crippen molar-refractivity contribution in [2.24, 2.45) is 5.73 Å². The van der Waals surface area contributed by atoms with Crippen LogP contribution in [-0.4, -0.2) is 11.7 Å². The number of rotatable bonds is 3. The Kier molecular flexibility index (Phi) is 3.46. The zero-order valence-electron chi connectivity index (χ0n) is 8.25. The predicted octanol–water partition coefficient (Wildman–Crippen LogP) is 1.69. The Hall–Kier alpha value is -0.860. The lowest BCUT2D eigenvalue weighted by atomic mass is 9.98. The fourth-order valence-corrected chi connectivity index (χ4v) is 1.54. The molecular weight excluding hydrogens is 162 g/mol. The zero-order valence-corrected chi connectivity index (χ0v) is 8.25. The number of aliphatic hydroxyl groups excluding tert-OH is 1. The van der Waals surface area contributed by atoms with Gasteiger partial charge in [0.05, 0.1) is 0 Å². The van der Waals surface area contributed by atoms with Gasteiger partial charge in [0.2, 0.25) is 0 Å². The van der Waals surface area contributed by atoms with Gasteiger partial charge in [0.15, 0.2) is 0 Å². The molecule has 0 heterocycles. The lowest BCUT2D eigenvalue weighted by Gasteiger charge is -2.13. The molecule has 0 saturated heterocycles. The van der Waals surface area contributed by atoms with Gasteiger partial charge in [-0.15, -0.1) is 0 Å². The monoisotopic (exact) mass is 179 g/mol. The molecule has 1 rings (SSSR count). The van der Waals surface area contributed by atoms with Crippen LogP contribution in [0.4, 0.5) is 0 Å². The Morgan fingerprint density at radius 3 is 2.62 bits per heavy atom. The van der Waals surface area contributed by atoms with Crippen LogP contribution in [0.15, 0.2) is 18.2 Å². The van der Waals surface area contributed by atoms with Crippen LogP contribution in [0.2, 0.25) is 0 Å². The summed E-state index contributed by atoms with van der Waals surface area (Å²) in [5, 5.41) is 8.76. The SMILES string of the molecule is Cc1ccc([C@@H](N)CCO)c(C)c1. The van der Waals surface area contributed by atoms with E-state index in [1.807, 2.05) is 6.07 Å². The fraction of sp³-hybridized carbons (Fsp3) is 0.455. The average molecular weight is 179 g/mol. The van der Waals surface area contributed by atoms with Crippen molar-refractivity contribution in [3.8, 4) is 0 Å². The summed E-state index contributed by atoms with van der Waals surface area (Å²) in [6.45, 7) is 4.27. The van der Waals surface area contributed by atoms with E-state index in [9.17, 15) is 0 Å². The van der Waals surface area contributed by atoms with E-state index in [1.165, 1.54) is 11.1 Å². The van der Waals surface area contributed by atoms with Gasteiger partial charge in [-0.2, -0.15) is 0 Å². The van der Waals surface area contributed by atoms with Crippen LogP contribution in [0.5, 0.6) is 0 Å². The maximum Gasteiger partial charge on any atom is 0.0449 e. The van der Waals surface area contributed by atoms with Crippen LogP contribution in [-0.2, 0) is 0 Å². The molecule has 0 bridgehead atoms. The second kappa shape index (κ2) is 4.40. The number of aliphatic hydroxyl groups is 1. The van der Waals surface area contributed by atoms with E-state index in [2.05, 4.69) is 26.0 Å². The average Bonchev–Trinajstić information content (AvgIpc) is 2.04. The first-order valence-corrected chi connectivity index (χ1v) is 4.58. The number of nitrogens with two attached hydrogens (primary N) is 1. The Morgan fingerprint density at radius 1 is 1.38 bits per heavy atom. The molecule has 3 N–H and O–H groups in total. The second-order valence-electron chi connectivity index (χ2n) is 3.48. The molecule has 0 saturated carbocycles. The molecule has 72 valence electrons. The summed E-state index contributed by atoms with van der Waals surface area (Å²) < 4.78 is 0. The molecule has 0 fully saturated rings. The summed E-state index contributed by atoms with van der Waals surface area (Å²) in [4.78, 5) is 0. The number of hydrogen-bond donors (Lipinski definition) is 2. The normalized spacial score (nSPS) is 12.9. The molecular formula is C11H17NO. The third-order valence-electron chi connectivity index (χ3n) is 2.26. The molecule has 1 aromatic carbocycles. The lowest BCUT2D eigenvalue weighted by molar-refractivity contribution is 0.276. The van der Waals surface area contributed by atoms with E-state index in [1.54, 1.807) is 0 Å². The van der Waals surface area contributed by atoms with Gasteiger partial charge in [0.25, 0.3) is 0 Å². The van der Waals surface area contributed by atoms with Crippen molar-refractivity contribution < 1.29 is 5.11 Å². The topological polar surface area (TPSA) is 46.2 Å². The van der Waals surface area contributed by atoms with Crippen molar-refractivity contribution in [2.45, 2.75) is 26.3 Å². The molecule has 1 aromatic rings. The number of benzene rings is 1. The van der Waals surface area contributed by atoms with Crippen molar-refractivity contribution in [3.63, 3.8) is 0 Å². The van der Waals surface area contributed by atoms with Crippen LogP contribution in [0, 0.1) is 13.8 Å². The van der Waals surface area contributed by atoms with Crippen molar-refractivity contribution in [1.82, 2.24) is 0 Å². The quantitative estimate of drug-likeness (QED) is 0.741. The van der Waals surface area contributed by atoms with Gasteiger partial charge in [-0.3, -0.25) is 0 Å². The highest BCUT2D eigenvalue weighted by atomic mass is 16.3. The highest BCUT2D eigenvalue weighted by molar-refractivity contribution is 5.32. The summed E-state index contributed by atoms with van der Waals surface area (Å²) in [6, 6.07) is 6.18. The third-order valence-corrected chi connectivity index (χ3v) is 2.26. The maximum absolute atomic E-state index is 8.76. The fourth-order valence-electron chi connectivity index (χ4n) is 1.54. The maximum atomic E-state index is 8.76. The first-order chi connectivity index (χ1) is 6.15. The highest BCUT2D eigenvalue weighted by Gasteiger charge is 2.07. The molecule has 0 spiro atoms. The Bertz CT molecular complexity index is 283. The molecule has 0 unspecified atom stereocenters. The van der Waals surface area contributed by atoms with Gasteiger partial charge < -0.3 is 10.8 Å². The molecule has 0 aliphatic rings. The largest absolute Gasteiger partial charge is 0.396 e. The van der Waals surface area contributed by atoms with Crippen molar-refractivity contribution in [1.29, 1.82) is 0 Å². The number of aryl methyl sites for hydroxylation is 2. The van der Waals surface area contributed by atoms with Crippen molar-refractivity contribution in [3.05, 3.63) is 34.9 Å². The van der Waals surface area contributed by atoms with E-state index in [0.717, 1.165) is 5.56 Å². The summed E-state index contributed by atoms with van der Waals surface area (Å²) in [6.07, 6.45) is 0.629. The molecule has 1 atom stereocenters. The van der Waals surface area contributed by atoms with E-state index in [4.69, 9.17) is 10.8 Å². The molecule has 13 heavy (non-hydrogen) atoms. The first-order valence-electron chi connectivity index (χ1n) is 4.58. The minimum absolute atomic E-state index is 0.0365. The smallest absolute Gasteiger partial charge is 0.0449 e. The lowest BCUT2D eigenvalue weighted by Crippen LogP contribution is -2.13. The first kappa shape index (κ1) is 10.2. The number of hydrogen-bond acceptors (Lipinski definition) is 2. The Balaban J connectivity index is 2.88. The molecule has 0 aromatic heterocycles.